The van der Waals surface area contributed by atoms with Gasteiger partial charge in [0.05, 0.1) is 6.61 Å². The summed E-state index contributed by atoms with van der Waals surface area (Å²) in [5.41, 5.74) is -1.87. The minimum atomic E-state index is -0.572. The predicted molar refractivity (Wildman–Crippen MR) is 156 cm³/mol. The normalized spacial score (nSPS) is 12.5. The number of alkyl carbamates (subject to hydrolysis) is 3. The molecule has 0 aromatic heterocycles. The smallest absolute Gasteiger partial charge is 0.408 e. The Labute approximate surface area is 237 Å². The zero-order chi connectivity index (χ0) is 30.2. The monoisotopic (exact) mass is 558 g/mol. The molecule has 4 N–H and O–H groups in total. The van der Waals surface area contributed by atoms with Crippen molar-refractivity contribution in [3.8, 4) is 0 Å². The summed E-state index contributed by atoms with van der Waals surface area (Å²) in [5.74, 6) is 0. The molecule has 0 radical (unpaired) electrons. The first kappa shape index (κ1) is 36.8. The molecule has 39 heavy (non-hydrogen) atoms. The van der Waals surface area contributed by atoms with E-state index in [-0.39, 0.29) is 18.2 Å². The zero-order valence-corrected chi connectivity index (χ0v) is 26.4. The fourth-order valence-corrected chi connectivity index (χ4v) is 4.13. The fraction of sp³-hybridized carbons (Fsp3) is 0.897. The van der Waals surface area contributed by atoms with E-state index in [1.54, 1.807) is 0 Å². The third-order valence-corrected chi connectivity index (χ3v) is 6.88. The Kier molecular flexibility index (Phi) is 16.5. The number of nitrogens with one attached hydrogen (secondary N) is 4. The molecule has 230 valence electrons. The number of carbonyl (C=O) groups excluding carboxylic acids is 3. The standard InChI is InChI=1S/C29H58N4O6/c1-11-28(12-2,32-24(35)38-26(5,6)7)17-21-30-19-15-16-20-31-23(34)37-22-18-29(13-3,14-4)33-25(36)39-27(8,9)10/h30H,11-22H2,1-10H3,(H,31,34)(H,32,35)(H,33,36). The molecule has 0 unspecified atom stereocenters. The first-order chi connectivity index (χ1) is 18.0. The Bertz CT molecular complexity index is 722. The van der Waals surface area contributed by atoms with E-state index in [4.69, 9.17) is 14.2 Å². The minimum Gasteiger partial charge on any atom is -0.449 e. The average Bonchev–Trinajstić information content (AvgIpc) is 2.81. The Morgan fingerprint density at radius 3 is 1.46 bits per heavy atom. The van der Waals surface area contributed by atoms with E-state index in [0.717, 1.165) is 45.2 Å². The number of carbonyl (C=O) groups is 3. The Balaban J connectivity index is 4.23. The SMILES string of the molecule is CCC(CC)(CCNCCCCNC(=O)OCCC(CC)(CC)NC(=O)OC(C)(C)C)NC(=O)OC(C)(C)C. The molecule has 0 fully saturated rings. The highest BCUT2D eigenvalue weighted by atomic mass is 16.6. The van der Waals surface area contributed by atoms with Crippen molar-refractivity contribution < 1.29 is 28.6 Å². The van der Waals surface area contributed by atoms with E-state index < -0.39 is 28.9 Å². The van der Waals surface area contributed by atoms with Crippen LogP contribution in [-0.4, -0.2) is 66.8 Å². The quantitative estimate of drug-likeness (QED) is 0.127. The van der Waals surface area contributed by atoms with Crippen molar-refractivity contribution in [1.29, 1.82) is 0 Å². The minimum absolute atomic E-state index is 0.207. The predicted octanol–water partition coefficient (Wildman–Crippen LogP) is 6.03. The van der Waals surface area contributed by atoms with Crippen molar-refractivity contribution in [2.75, 3.05) is 26.2 Å². The van der Waals surface area contributed by atoms with Gasteiger partial charge in [0.1, 0.15) is 11.2 Å². The van der Waals surface area contributed by atoms with Crippen LogP contribution in [0.25, 0.3) is 0 Å². The summed E-state index contributed by atoms with van der Waals surface area (Å²) in [5, 5.41) is 12.3. The molecule has 0 rings (SSSR count). The summed E-state index contributed by atoms with van der Waals surface area (Å²) in [6.07, 6.45) is 4.81. The van der Waals surface area contributed by atoms with Gasteiger partial charge in [-0.05, 0) is 99.6 Å². The zero-order valence-electron chi connectivity index (χ0n) is 26.4. The number of amides is 3. The topological polar surface area (TPSA) is 127 Å². The summed E-state index contributed by atoms with van der Waals surface area (Å²) in [4.78, 5) is 36.6. The van der Waals surface area contributed by atoms with Gasteiger partial charge in [0.15, 0.2) is 0 Å². The Morgan fingerprint density at radius 1 is 0.590 bits per heavy atom. The number of unbranched alkanes of at least 4 members (excludes halogenated alkanes) is 1. The summed E-state index contributed by atoms with van der Waals surface area (Å²) in [6, 6.07) is 0. The molecular weight excluding hydrogens is 500 g/mol. The molecule has 0 saturated heterocycles. The van der Waals surface area contributed by atoms with E-state index in [1.807, 2.05) is 55.4 Å². The van der Waals surface area contributed by atoms with Crippen molar-refractivity contribution in [1.82, 2.24) is 21.3 Å². The molecule has 0 bridgehead atoms. The lowest BCUT2D eigenvalue weighted by Crippen LogP contribution is -2.50. The molecule has 0 aromatic rings. The second-order valence-corrected chi connectivity index (χ2v) is 12.2. The van der Waals surface area contributed by atoms with E-state index in [9.17, 15) is 14.4 Å². The van der Waals surface area contributed by atoms with Gasteiger partial charge >= 0.3 is 18.3 Å². The molecule has 0 aromatic carbocycles. The number of hydrogen-bond donors (Lipinski definition) is 4. The second kappa shape index (κ2) is 17.5. The fourth-order valence-electron chi connectivity index (χ4n) is 4.13. The molecule has 0 atom stereocenters. The van der Waals surface area contributed by atoms with Crippen molar-refractivity contribution in [2.24, 2.45) is 0 Å². The molecule has 0 spiro atoms. The first-order valence-electron chi connectivity index (χ1n) is 14.7. The molecule has 0 aliphatic carbocycles. The Morgan fingerprint density at radius 2 is 1.03 bits per heavy atom. The summed E-state index contributed by atoms with van der Waals surface area (Å²) >= 11 is 0. The molecule has 0 aliphatic rings. The second-order valence-electron chi connectivity index (χ2n) is 12.2. The van der Waals surface area contributed by atoms with Crippen LogP contribution < -0.4 is 21.3 Å². The van der Waals surface area contributed by atoms with Gasteiger partial charge in [-0.3, -0.25) is 0 Å². The molecule has 3 amide bonds. The van der Waals surface area contributed by atoms with Crippen molar-refractivity contribution in [3.05, 3.63) is 0 Å². The molecule has 0 saturated carbocycles. The summed E-state index contributed by atoms with van der Waals surface area (Å²) in [7, 11) is 0. The van der Waals surface area contributed by atoms with Gasteiger partial charge in [-0.25, -0.2) is 14.4 Å². The Hall–Kier alpha value is -2.23. The highest BCUT2D eigenvalue weighted by molar-refractivity contribution is 5.69. The van der Waals surface area contributed by atoms with Crippen LogP contribution in [0.4, 0.5) is 14.4 Å². The van der Waals surface area contributed by atoms with Crippen molar-refractivity contribution >= 4 is 18.3 Å². The van der Waals surface area contributed by atoms with Gasteiger partial charge in [0.2, 0.25) is 0 Å². The largest absolute Gasteiger partial charge is 0.449 e. The van der Waals surface area contributed by atoms with Gasteiger partial charge in [0, 0.05) is 24.0 Å². The van der Waals surface area contributed by atoms with Crippen LogP contribution in [0, 0.1) is 0 Å². The number of hydrogen-bond acceptors (Lipinski definition) is 7. The lowest BCUT2D eigenvalue weighted by molar-refractivity contribution is 0.0414. The van der Waals surface area contributed by atoms with Gasteiger partial charge in [-0.15, -0.1) is 0 Å². The third-order valence-electron chi connectivity index (χ3n) is 6.88. The van der Waals surface area contributed by atoms with Gasteiger partial charge < -0.3 is 35.5 Å². The maximum Gasteiger partial charge on any atom is 0.408 e. The number of rotatable bonds is 17. The lowest BCUT2D eigenvalue weighted by atomic mass is 9.89. The van der Waals surface area contributed by atoms with Crippen LogP contribution >= 0.6 is 0 Å². The van der Waals surface area contributed by atoms with Gasteiger partial charge in [0.25, 0.3) is 0 Å². The first-order valence-corrected chi connectivity index (χ1v) is 14.7. The number of ether oxygens (including phenoxy) is 3. The molecular formula is C29H58N4O6. The van der Waals surface area contributed by atoms with E-state index >= 15 is 0 Å². The third kappa shape index (κ3) is 17.2. The van der Waals surface area contributed by atoms with Crippen LogP contribution in [0.1, 0.15) is 121 Å². The van der Waals surface area contributed by atoms with Crippen LogP contribution in [0.2, 0.25) is 0 Å². The van der Waals surface area contributed by atoms with Crippen LogP contribution in [0.5, 0.6) is 0 Å². The van der Waals surface area contributed by atoms with E-state index in [2.05, 4.69) is 35.1 Å². The average molecular weight is 559 g/mol. The van der Waals surface area contributed by atoms with Gasteiger partial charge in [-0.1, -0.05) is 27.7 Å². The van der Waals surface area contributed by atoms with E-state index in [0.29, 0.717) is 25.8 Å². The summed E-state index contributed by atoms with van der Waals surface area (Å²) < 4.78 is 16.2. The van der Waals surface area contributed by atoms with Crippen molar-refractivity contribution in [2.45, 2.75) is 143 Å². The van der Waals surface area contributed by atoms with Crippen LogP contribution in [-0.2, 0) is 14.2 Å². The van der Waals surface area contributed by atoms with Crippen molar-refractivity contribution in [3.63, 3.8) is 0 Å². The highest BCUT2D eigenvalue weighted by Gasteiger charge is 2.31. The molecule has 0 aliphatic heterocycles. The highest BCUT2D eigenvalue weighted by Crippen LogP contribution is 2.22. The summed E-state index contributed by atoms with van der Waals surface area (Å²) in [6.45, 7) is 21.5. The molecule has 10 nitrogen and oxygen atoms in total. The maximum atomic E-state index is 12.3. The lowest BCUT2D eigenvalue weighted by Gasteiger charge is -2.34. The molecule has 10 heteroatoms. The maximum absolute atomic E-state index is 12.3. The van der Waals surface area contributed by atoms with Crippen LogP contribution in [0.3, 0.4) is 0 Å². The van der Waals surface area contributed by atoms with Gasteiger partial charge in [-0.2, -0.15) is 0 Å². The molecule has 0 heterocycles. The van der Waals surface area contributed by atoms with E-state index in [1.165, 1.54) is 0 Å². The van der Waals surface area contributed by atoms with Crippen LogP contribution in [0.15, 0.2) is 0 Å².